The maximum atomic E-state index is 15.0. The molecule has 3 N–H and O–H groups in total. The highest BCUT2D eigenvalue weighted by Gasteiger charge is 2.50. The van der Waals surface area contributed by atoms with Crippen LogP contribution >= 0.6 is 0 Å². The Labute approximate surface area is 179 Å². The highest BCUT2D eigenvalue weighted by atomic mass is 19.1. The minimum atomic E-state index is -1.20. The van der Waals surface area contributed by atoms with Crippen LogP contribution in [0.4, 0.5) is 10.1 Å². The number of para-hydroxylation sites is 1. The summed E-state index contributed by atoms with van der Waals surface area (Å²) in [6.45, 7) is 3.38. The van der Waals surface area contributed by atoms with E-state index in [-0.39, 0.29) is 23.4 Å². The van der Waals surface area contributed by atoms with Gasteiger partial charge in [0.1, 0.15) is 11.4 Å². The topological polar surface area (TPSA) is 84.9 Å². The van der Waals surface area contributed by atoms with Crippen molar-refractivity contribution in [1.82, 2.24) is 15.2 Å². The van der Waals surface area contributed by atoms with Crippen molar-refractivity contribution in [2.75, 3.05) is 31.6 Å². The third kappa shape index (κ3) is 3.45. The molecule has 2 fully saturated rings. The van der Waals surface area contributed by atoms with Gasteiger partial charge in [0.15, 0.2) is 0 Å². The number of nitrogens with zero attached hydrogens (tertiary/aromatic N) is 2. The molecular formula is C23H25FN4O3. The van der Waals surface area contributed by atoms with E-state index in [1.54, 1.807) is 15.9 Å². The highest BCUT2D eigenvalue weighted by Crippen LogP contribution is 2.38. The molecular weight excluding hydrogens is 399 g/mol. The monoisotopic (exact) mass is 424 g/mol. The first-order valence-corrected chi connectivity index (χ1v) is 10.6. The van der Waals surface area contributed by atoms with Crippen molar-refractivity contribution in [2.45, 2.75) is 31.4 Å². The molecule has 2 aliphatic heterocycles. The van der Waals surface area contributed by atoms with Crippen LogP contribution < -0.4 is 10.9 Å². The van der Waals surface area contributed by atoms with E-state index in [9.17, 15) is 19.1 Å². The number of amides is 2. The van der Waals surface area contributed by atoms with Gasteiger partial charge in [-0.25, -0.2) is 9.82 Å². The SMILES string of the molecule is CC1NNc2c(-c3ccc(C(=O)N4CCN(C(=O)C5(O)CC5)CC4)c(F)c3)cccc21. The molecule has 162 valence electrons. The number of halogens is 1. The van der Waals surface area contributed by atoms with Crippen LogP contribution in [-0.4, -0.2) is 58.5 Å². The van der Waals surface area contributed by atoms with Gasteiger partial charge in [0.25, 0.3) is 11.8 Å². The lowest BCUT2D eigenvalue weighted by Gasteiger charge is -2.35. The summed E-state index contributed by atoms with van der Waals surface area (Å²) in [5.41, 5.74) is 8.74. The second-order valence-electron chi connectivity index (χ2n) is 8.57. The Morgan fingerprint density at radius 1 is 1.10 bits per heavy atom. The van der Waals surface area contributed by atoms with Crippen molar-refractivity contribution in [1.29, 1.82) is 0 Å². The fourth-order valence-corrected chi connectivity index (χ4v) is 4.33. The van der Waals surface area contributed by atoms with Crippen LogP contribution in [0.3, 0.4) is 0 Å². The lowest BCUT2D eigenvalue weighted by molar-refractivity contribution is -0.143. The number of fused-ring (bicyclic) bond motifs is 1. The smallest absolute Gasteiger partial charge is 0.256 e. The Kier molecular flexibility index (Phi) is 4.71. The van der Waals surface area contributed by atoms with Crippen LogP contribution in [0, 0.1) is 5.82 Å². The van der Waals surface area contributed by atoms with Crippen LogP contribution in [0.1, 0.15) is 41.7 Å². The number of hydrogen-bond donors (Lipinski definition) is 3. The van der Waals surface area contributed by atoms with Gasteiger partial charge in [-0.1, -0.05) is 24.3 Å². The van der Waals surface area contributed by atoms with E-state index in [0.717, 1.165) is 16.8 Å². The first-order chi connectivity index (χ1) is 14.9. The predicted molar refractivity (Wildman–Crippen MR) is 114 cm³/mol. The van der Waals surface area contributed by atoms with Crippen molar-refractivity contribution in [2.24, 2.45) is 0 Å². The van der Waals surface area contributed by atoms with E-state index in [1.807, 2.05) is 25.1 Å². The zero-order valence-electron chi connectivity index (χ0n) is 17.3. The molecule has 7 nitrogen and oxygen atoms in total. The molecule has 1 atom stereocenters. The second-order valence-corrected chi connectivity index (χ2v) is 8.57. The molecule has 2 heterocycles. The minimum Gasteiger partial charge on any atom is -0.380 e. The number of hydrazine groups is 1. The molecule has 1 saturated heterocycles. The van der Waals surface area contributed by atoms with E-state index in [4.69, 9.17) is 0 Å². The number of carbonyl (C=O) groups excluding carboxylic acids is 2. The van der Waals surface area contributed by atoms with Gasteiger partial charge in [0.2, 0.25) is 0 Å². The lowest BCUT2D eigenvalue weighted by Crippen LogP contribution is -2.53. The molecule has 2 aromatic rings. The first kappa shape index (κ1) is 20.0. The summed E-state index contributed by atoms with van der Waals surface area (Å²) < 4.78 is 15.0. The Morgan fingerprint density at radius 3 is 2.48 bits per heavy atom. The van der Waals surface area contributed by atoms with Gasteiger partial charge in [-0.15, -0.1) is 0 Å². The highest BCUT2D eigenvalue weighted by molar-refractivity contribution is 5.96. The number of hydrogen-bond acceptors (Lipinski definition) is 5. The summed E-state index contributed by atoms with van der Waals surface area (Å²) >= 11 is 0. The molecule has 1 aliphatic carbocycles. The second kappa shape index (κ2) is 7.32. The quantitative estimate of drug-likeness (QED) is 0.704. The zero-order valence-corrected chi connectivity index (χ0v) is 17.3. The number of aliphatic hydroxyl groups is 1. The number of piperazine rings is 1. The summed E-state index contributed by atoms with van der Waals surface area (Å²) in [6, 6.07) is 10.7. The Bertz CT molecular complexity index is 1060. The summed E-state index contributed by atoms with van der Waals surface area (Å²) in [6.07, 6.45) is 0.995. The largest absolute Gasteiger partial charge is 0.380 e. The van der Waals surface area contributed by atoms with Gasteiger partial charge in [-0.2, -0.15) is 0 Å². The fraction of sp³-hybridized carbons (Fsp3) is 0.391. The van der Waals surface area contributed by atoms with Crippen molar-refractivity contribution in [3.8, 4) is 11.1 Å². The molecule has 1 unspecified atom stereocenters. The van der Waals surface area contributed by atoms with Gasteiger partial charge < -0.3 is 20.3 Å². The normalized spacial score (nSPS) is 21.5. The lowest BCUT2D eigenvalue weighted by atomic mass is 9.97. The average molecular weight is 424 g/mol. The molecule has 2 amide bonds. The van der Waals surface area contributed by atoms with Gasteiger partial charge in [0, 0.05) is 31.7 Å². The molecule has 3 aliphatic rings. The van der Waals surface area contributed by atoms with E-state index < -0.39 is 11.4 Å². The molecule has 8 heteroatoms. The van der Waals surface area contributed by atoms with E-state index in [1.165, 1.54) is 12.1 Å². The molecule has 0 aromatic heterocycles. The standard InChI is InChI=1S/C23H25FN4O3/c1-14-16-3-2-4-17(20(16)26-25-14)15-5-6-18(19(24)13-15)21(29)27-9-11-28(12-10-27)22(30)23(31)7-8-23/h2-6,13-14,25-26,31H,7-12H2,1H3. The van der Waals surface area contributed by atoms with E-state index in [2.05, 4.69) is 10.9 Å². The minimum absolute atomic E-state index is 0.0244. The number of benzene rings is 2. The molecule has 0 bridgehead atoms. The van der Waals surface area contributed by atoms with Crippen molar-refractivity contribution >= 4 is 17.5 Å². The average Bonchev–Trinajstić information content (AvgIpc) is 3.43. The summed E-state index contributed by atoms with van der Waals surface area (Å²) in [5.74, 6) is -1.21. The van der Waals surface area contributed by atoms with Crippen LogP contribution in [0.15, 0.2) is 36.4 Å². The number of nitrogens with one attached hydrogen (secondary N) is 2. The van der Waals surface area contributed by atoms with Gasteiger partial charge in [0.05, 0.1) is 17.3 Å². The third-order valence-corrected chi connectivity index (χ3v) is 6.46. The van der Waals surface area contributed by atoms with Gasteiger partial charge in [-0.05, 0) is 43.0 Å². The van der Waals surface area contributed by atoms with E-state index in [0.29, 0.717) is 44.6 Å². The van der Waals surface area contributed by atoms with Crippen molar-refractivity contribution < 1.29 is 19.1 Å². The van der Waals surface area contributed by atoms with Crippen LogP contribution in [0.25, 0.3) is 11.1 Å². The van der Waals surface area contributed by atoms with E-state index >= 15 is 0 Å². The first-order valence-electron chi connectivity index (χ1n) is 10.6. The number of rotatable bonds is 3. The van der Waals surface area contributed by atoms with Gasteiger partial charge in [-0.3, -0.25) is 9.59 Å². The third-order valence-electron chi connectivity index (χ3n) is 6.46. The van der Waals surface area contributed by atoms with Crippen LogP contribution in [0.5, 0.6) is 0 Å². The Balaban J connectivity index is 1.31. The maximum Gasteiger partial charge on any atom is 0.256 e. The fourth-order valence-electron chi connectivity index (χ4n) is 4.33. The predicted octanol–water partition coefficient (Wildman–Crippen LogP) is 2.29. The molecule has 5 rings (SSSR count). The van der Waals surface area contributed by atoms with Crippen molar-refractivity contribution in [3.05, 3.63) is 53.3 Å². The molecule has 1 saturated carbocycles. The Hall–Kier alpha value is -2.97. The number of anilines is 1. The maximum absolute atomic E-state index is 15.0. The van der Waals surface area contributed by atoms with Crippen LogP contribution in [-0.2, 0) is 4.79 Å². The summed E-state index contributed by atoms with van der Waals surface area (Å²) in [4.78, 5) is 28.3. The summed E-state index contributed by atoms with van der Waals surface area (Å²) in [5, 5.41) is 10.0. The Morgan fingerprint density at radius 2 is 1.81 bits per heavy atom. The summed E-state index contributed by atoms with van der Waals surface area (Å²) in [7, 11) is 0. The van der Waals surface area contributed by atoms with Crippen LogP contribution in [0.2, 0.25) is 0 Å². The molecule has 0 spiro atoms. The molecule has 31 heavy (non-hydrogen) atoms. The number of carbonyl (C=O) groups is 2. The van der Waals surface area contributed by atoms with Crippen molar-refractivity contribution in [3.63, 3.8) is 0 Å². The molecule has 0 radical (unpaired) electrons. The van der Waals surface area contributed by atoms with Gasteiger partial charge >= 0.3 is 0 Å². The molecule has 2 aromatic carbocycles. The zero-order chi connectivity index (χ0) is 21.8.